The standard InChI is InChI=1S/C27H28N4O2S/c1-17-10-11-18(2)23(12-17)25-21(16-31(29-25)22-8-6-5-7-9-22)13-24-26(32)28-27(34-24)30-14-19(3)33-20(4)15-30/h5-13,16,19-20H,14-15H2,1-4H3/b24-13+/t19-,20-/m0/s1. The van der Waals surface area contributed by atoms with Crippen molar-refractivity contribution in [1.29, 1.82) is 0 Å². The summed E-state index contributed by atoms with van der Waals surface area (Å²) >= 11 is 1.44. The van der Waals surface area contributed by atoms with E-state index in [-0.39, 0.29) is 18.1 Å². The summed E-state index contributed by atoms with van der Waals surface area (Å²) in [6.07, 6.45) is 4.13. The Morgan fingerprint density at radius 2 is 1.79 bits per heavy atom. The van der Waals surface area contributed by atoms with E-state index in [0.717, 1.165) is 46.3 Å². The number of nitrogens with zero attached hydrogens (tertiary/aromatic N) is 4. The molecule has 0 saturated carbocycles. The zero-order chi connectivity index (χ0) is 23.8. The molecule has 3 aromatic rings. The number of rotatable bonds is 3. The van der Waals surface area contributed by atoms with Crippen molar-refractivity contribution in [1.82, 2.24) is 14.7 Å². The Morgan fingerprint density at radius 1 is 1.06 bits per heavy atom. The highest BCUT2D eigenvalue weighted by molar-refractivity contribution is 8.18. The Kier molecular flexibility index (Phi) is 6.15. The van der Waals surface area contributed by atoms with E-state index in [1.165, 1.54) is 17.3 Å². The fourth-order valence-corrected chi connectivity index (χ4v) is 5.34. The van der Waals surface area contributed by atoms with E-state index in [1.54, 1.807) is 0 Å². The normalized spacial score (nSPS) is 21.9. The monoisotopic (exact) mass is 472 g/mol. The maximum Gasteiger partial charge on any atom is 0.286 e. The van der Waals surface area contributed by atoms with Crippen LogP contribution in [0.15, 0.2) is 64.6 Å². The molecule has 1 aromatic heterocycles. The number of amidine groups is 1. The summed E-state index contributed by atoms with van der Waals surface area (Å²) in [6.45, 7) is 9.74. The van der Waals surface area contributed by atoms with Crippen molar-refractivity contribution in [3.05, 3.63) is 76.3 Å². The summed E-state index contributed by atoms with van der Waals surface area (Å²) in [5, 5.41) is 5.69. The second-order valence-electron chi connectivity index (χ2n) is 9.00. The lowest BCUT2D eigenvalue weighted by molar-refractivity contribution is -0.113. The average Bonchev–Trinajstić information content (AvgIpc) is 3.39. The third kappa shape index (κ3) is 4.58. The fraction of sp³-hybridized carbons (Fsp3) is 0.296. The zero-order valence-corrected chi connectivity index (χ0v) is 20.7. The van der Waals surface area contributed by atoms with Gasteiger partial charge in [0.15, 0.2) is 5.17 Å². The number of hydrogen-bond donors (Lipinski definition) is 0. The summed E-state index contributed by atoms with van der Waals surface area (Å²) in [6, 6.07) is 16.4. The van der Waals surface area contributed by atoms with Crippen LogP contribution in [0.5, 0.6) is 0 Å². The Hall–Kier alpha value is -3.16. The molecule has 0 N–H and O–H groups in total. The molecule has 0 bridgehead atoms. The molecule has 34 heavy (non-hydrogen) atoms. The highest BCUT2D eigenvalue weighted by atomic mass is 32.2. The minimum Gasteiger partial charge on any atom is -0.372 e. The third-order valence-electron chi connectivity index (χ3n) is 6.00. The summed E-state index contributed by atoms with van der Waals surface area (Å²) in [7, 11) is 0. The van der Waals surface area contributed by atoms with Crippen LogP contribution in [0, 0.1) is 13.8 Å². The second-order valence-corrected chi connectivity index (χ2v) is 10.0. The van der Waals surface area contributed by atoms with Gasteiger partial charge in [0.25, 0.3) is 5.91 Å². The molecular weight excluding hydrogens is 444 g/mol. The van der Waals surface area contributed by atoms with E-state index in [0.29, 0.717) is 4.91 Å². The summed E-state index contributed by atoms with van der Waals surface area (Å²) in [4.78, 5) is 20.0. The minimum absolute atomic E-state index is 0.107. The lowest BCUT2D eigenvalue weighted by atomic mass is 10.0. The molecule has 174 valence electrons. The maximum absolute atomic E-state index is 12.9. The Labute approximate surface area is 204 Å². The zero-order valence-electron chi connectivity index (χ0n) is 19.9. The first-order valence-electron chi connectivity index (χ1n) is 11.5. The van der Waals surface area contributed by atoms with Crippen LogP contribution < -0.4 is 0 Å². The van der Waals surface area contributed by atoms with Crippen LogP contribution in [0.3, 0.4) is 0 Å². The molecule has 0 radical (unpaired) electrons. The molecule has 2 atom stereocenters. The molecule has 3 heterocycles. The second kappa shape index (κ2) is 9.24. The number of hydrogen-bond acceptors (Lipinski definition) is 5. The van der Waals surface area contributed by atoms with Gasteiger partial charge in [-0.2, -0.15) is 10.1 Å². The number of benzene rings is 2. The molecule has 2 aliphatic heterocycles. The van der Waals surface area contributed by atoms with Gasteiger partial charge in [-0.3, -0.25) is 4.79 Å². The van der Waals surface area contributed by atoms with Crippen LogP contribution >= 0.6 is 11.8 Å². The van der Waals surface area contributed by atoms with Crippen molar-refractivity contribution in [3.63, 3.8) is 0 Å². The third-order valence-corrected chi connectivity index (χ3v) is 7.04. The minimum atomic E-state index is -0.203. The molecule has 0 spiro atoms. The number of carbonyl (C=O) groups is 1. The van der Waals surface area contributed by atoms with Crippen LogP contribution in [0.1, 0.15) is 30.5 Å². The smallest absolute Gasteiger partial charge is 0.286 e. The van der Waals surface area contributed by atoms with Gasteiger partial charge in [-0.05, 0) is 69.3 Å². The number of aromatic nitrogens is 2. The number of ether oxygens (including phenoxy) is 1. The van der Waals surface area contributed by atoms with Gasteiger partial charge in [-0.15, -0.1) is 0 Å². The van der Waals surface area contributed by atoms with E-state index < -0.39 is 0 Å². The highest BCUT2D eigenvalue weighted by Crippen LogP contribution is 2.35. The van der Waals surface area contributed by atoms with E-state index in [2.05, 4.69) is 55.8 Å². The first-order valence-corrected chi connectivity index (χ1v) is 12.3. The van der Waals surface area contributed by atoms with E-state index in [4.69, 9.17) is 9.84 Å². The van der Waals surface area contributed by atoms with Crippen molar-refractivity contribution < 1.29 is 9.53 Å². The Morgan fingerprint density at radius 3 is 2.53 bits per heavy atom. The predicted octanol–water partition coefficient (Wildman–Crippen LogP) is 5.24. The van der Waals surface area contributed by atoms with Gasteiger partial charge in [0.2, 0.25) is 0 Å². The molecule has 1 saturated heterocycles. The van der Waals surface area contributed by atoms with Gasteiger partial charge in [-0.1, -0.05) is 35.9 Å². The first-order chi connectivity index (χ1) is 16.4. The van der Waals surface area contributed by atoms with Gasteiger partial charge in [0.1, 0.15) is 5.69 Å². The summed E-state index contributed by atoms with van der Waals surface area (Å²) in [5.41, 5.74) is 6.09. The largest absolute Gasteiger partial charge is 0.372 e. The number of thioether (sulfide) groups is 1. The number of para-hydroxylation sites is 1. The molecule has 2 aliphatic rings. The quantitative estimate of drug-likeness (QED) is 0.488. The van der Waals surface area contributed by atoms with Gasteiger partial charge in [0, 0.05) is 30.4 Å². The van der Waals surface area contributed by atoms with Gasteiger partial charge in [-0.25, -0.2) is 4.68 Å². The lowest BCUT2D eigenvalue weighted by Crippen LogP contribution is -2.47. The lowest BCUT2D eigenvalue weighted by Gasteiger charge is -2.35. The van der Waals surface area contributed by atoms with Crippen LogP contribution in [-0.2, 0) is 9.53 Å². The molecule has 1 fully saturated rings. The first kappa shape index (κ1) is 22.6. The van der Waals surface area contributed by atoms with E-state index in [1.807, 2.05) is 47.3 Å². The van der Waals surface area contributed by atoms with E-state index >= 15 is 0 Å². The van der Waals surface area contributed by atoms with Crippen molar-refractivity contribution in [2.75, 3.05) is 13.1 Å². The number of morpholine rings is 1. The Bertz CT molecular complexity index is 1290. The molecule has 7 heteroatoms. The molecule has 0 unspecified atom stereocenters. The average molecular weight is 473 g/mol. The SMILES string of the molecule is Cc1ccc(C)c(-c2nn(-c3ccccc3)cc2/C=C2/SC(N3C[C@H](C)O[C@@H](C)C3)=NC2=O)c1. The number of amides is 1. The van der Waals surface area contributed by atoms with Crippen molar-refractivity contribution in [3.8, 4) is 16.9 Å². The number of aliphatic imine (C=N–C) groups is 1. The molecule has 1 amide bonds. The van der Waals surface area contributed by atoms with Crippen molar-refractivity contribution in [2.24, 2.45) is 4.99 Å². The molecule has 6 nitrogen and oxygen atoms in total. The number of carbonyl (C=O) groups excluding carboxylic acids is 1. The molecular formula is C27H28N4O2S. The van der Waals surface area contributed by atoms with Crippen LogP contribution in [0.4, 0.5) is 0 Å². The fourth-order valence-electron chi connectivity index (χ4n) is 4.41. The molecule has 5 rings (SSSR count). The van der Waals surface area contributed by atoms with Crippen LogP contribution in [-0.4, -0.2) is 51.1 Å². The maximum atomic E-state index is 12.9. The Balaban J connectivity index is 1.52. The summed E-state index contributed by atoms with van der Waals surface area (Å²) < 4.78 is 7.71. The van der Waals surface area contributed by atoms with E-state index in [9.17, 15) is 4.79 Å². The number of aryl methyl sites for hydroxylation is 2. The highest BCUT2D eigenvalue weighted by Gasteiger charge is 2.31. The van der Waals surface area contributed by atoms with Gasteiger partial charge < -0.3 is 9.64 Å². The topological polar surface area (TPSA) is 59.7 Å². The molecule has 0 aliphatic carbocycles. The van der Waals surface area contributed by atoms with Crippen LogP contribution in [0.25, 0.3) is 23.0 Å². The van der Waals surface area contributed by atoms with Gasteiger partial charge in [0.05, 0.1) is 22.8 Å². The van der Waals surface area contributed by atoms with Crippen molar-refractivity contribution >= 4 is 28.9 Å². The van der Waals surface area contributed by atoms with Gasteiger partial charge >= 0.3 is 0 Å². The van der Waals surface area contributed by atoms with Crippen LogP contribution in [0.2, 0.25) is 0 Å². The predicted molar refractivity (Wildman–Crippen MR) is 138 cm³/mol. The summed E-state index contributed by atoms with van der Waals surface area (Å²) in [5.74, 6) is -0.203. The van der Waals surface area contributed by atoms with Crippen molar-refractivity contribution in [2.45, 2.75) is 39.9 Å². The molecule has 2 aromatic carbocycles.